The predicted molar refractivity (Wildman–Crippen MR) is 248 cm³/mol. The Labute approximate surface area is 337 Å². The van der Waals surface area contributed by atoms with Crippen molar-refractivity contribution in [2.24, 2.45) is 0 Å². The highest BCUT2D eigenvalue weighted by Gasteiger charge is 2.31. The maximum Gasteiger partial charge on any atom is -0.000741 e. The van der Waals surface area contributed by atoms with E-state index in [-0.39, 0.29) is 0 Å². The van der Waals surface area contributed by atoms with Crippen molar-refractivity contribution in [2.75, 3.05) is 0 Å². The highest BCUT2D eigenvalue weighted by Crippen LogP contribution is 2.58. The first kappa shape index (κ1) is 32.7. The average molecular weight is 733 g/mol. The molecule has 268 valence electrons. The Bertz CT molecular complexity index is 3390. The van der Waals surface area contributed by atoms with Crippen LogP contribution in [0.2, 0.25) is 0 Å². The van der Waals surface area contributed by atoms with E-state index in [1.165, 1.54) is 121 Å². The van der Waals surface area contributed by atoms with Gasteiger partial charge in [-0.05, 0) is 127 Å². The van der Waals surface area contributed by atoms with Crippen molar-refractivity contribution in [2.45, 2.75) is 0 Å². The summed E-state index contributed by atoms with van der Waals surface area (Å²) in [4.78, 5) is 0. The molecule has 1 aliphatic carbocycles. The van der Waals surface area contributed by atoms with E-state index in [4.69, 9.17) is 0 Å². The molecule has 1 aliphatic rings. The number of hydrogen-bond donors (Lipinski definition) is 0. The van der Waals surface area contributed by atoms with Crippen LogP contribution in [-0.2, 0) is 0 Å². The molecule has 0 spiro atoms. The van der Waals surface area contributed by atoms with Crippen molar-refractivity contribution < 1.29 is 0 Å². The van der Waals surface area contributed by atoms with Crippen LogP contribution < -0.4 is 0 Å². The molecule has 0 nitrogen and oxygen atoms in total. The lowest BCUT2D eigenvalue weighted by Crippen LogP contribution is -1.95. The van der Waals surface area contributed by atoms with Crippen molar-refractivity contribution in [3.63, 3.8) is 0 Å². The molecule has 0 saturated heterocycles. The Morgan fingerprint density at radius 2 is 0.603 bits per heavy atom. The Morgan fingerprint density at radius 3 is 1.17 bits per heavy atom. The highest BCUT2D eigenvalue weighted by atomic mass is 14.3. The molecule has 0 unspecified atom stereocenters. The minimum Gasteiger partial charge on any atom is -0.0622 e. The van der Waals surface area contributed by atoms with Gasteiger partial charge in [-0.15, -0.1) is 0 Å². The van der Waals surface area contributed by atoms with E-state index in [2.05, 4.69) is 218 Å². The molecular formula is C58H36. The lowest BCUT2D eigenvalue weighted by Gasteiger charge is -2.22. The van der Waals surface area contributed by atoms with Gasteiger partial charge in [-0.3, -0.25) is 0 Å². The van der Waals surface area contributed by atoms with E-state index in [9.17, 15) is 0 Å². The van der Waals surface area contributed by atoms with Crippen molar-refractivity contribution in [3.05, 3.63) is 218 Å². The van der Waals surface area contributed by atoms with Crippen molar-refractivity contribution in [1.82, 2.24) is 0 Å². The van der Waals surface area contributed by atoms with E-state index in [0.717, 1.165) is 0 Å². The summed E-state index contributed by atoms with van der Waals surface area (Å²) >= 11 is 0. The van der Waals surface area contributed by atoms with Crippen LogP contribution in [0.25, 0.3) is 121 Å². The van der Waals surface area contributed by atoms with Crippen LogP contribution in [0.3, 0.4) is 0 Å². The summed E-state index contributed by atoms with van der Waals surface area (Å²) in [7, 11) is 0. The fourth-order valence-corrected chi connectivity index (χ4v) is 10.1. The molecule has 0 amide bonds. The summed E-state index contributed by atoms with van der Waals surface area (Å²) in [5.41, 5.74) is 17.7. The first-order chi connectivity index (χ1) is 28.8. The molecule has 58 heavy (non-hydrogen) atoms. The lowest BCUT2D eigenvalue weighted by molar-refractivity contribution is 1.61. The van der Waals surface area contributed by atoms with Crippen LogP contribution in [0.15, 0.2) is 218 Å². The summed E-state index contributed by atoms with van der Waals surface area (Å²) < 4.78 is 0. The highest BCUT2D eigenvalue weighted by molar-refractivity contribution is 6.29. The van der Waals surface area contributed by atoms with Crippen molar-refractivity contribution in [1.29, 1.82) is 0 Å². The van der Waals surface area contributed by atoms with Crippen LogP contribution in [0.5, 0.6) is 0 Å². The normalized spacial score (nSPS) is 11.8. The smallest absolute Gasteiger partial charge is 0.000741 e. The molecule has 0 bridgehead atoms. The topological polar surface area (TPSA) is 0 Å². The van der Waals surface area contributed by atoms with Crippen LogP contribution in [0.4, 0.5) is 0 Å². The standard InChI is InChI=1S/C58H36/c1-5-18-37(19-6-1)51-44-28-13-14-29-45(44)53(39-20-7-2-8-21-39)56-43(30-17-33-47(51)56)42-34-35-46-50(36-42)55(41-24-11-4-12-25-41)58-49-32-16-27-38-26-15-31-48(52(38)49)57(58)54(46)40-22-9-3-10-23-40/h1-36H. The summed E-state index contributed by atoms with van der Waals surface area (Å²) in [6.07, 6.45) is 0. The zero-order valence-corrected chi connectivity index (χ0v) is 31.8. The van der Waals surface area contributed by atoms with Crippen LogP contribution >= 0.6 is 0 Å². The number of hydrogen-bond acceptors (Lipinski definition) is 0. The molecule has 0 N–H and O–H groups in total. The van der Waals surface area contributed by atoms with Gasteiger partial charge < -0.3 is 0 Å². The van der Waals surface area contributed by atoms with Crippen LogP contribution in [0.1, 0.15) is 0 Å². The summed E-state index contributed by atoms with van der Waals surface area (Å²) in [6.45, 7) is 0. The SMILES string of the molecule is c1ccc(-c2c3c(c(-c4ccccc4)c4cc(-c5cccc6c(-c7ccccc7)c7ccccc7c(-c7ccccc7)c56)ccc24)-c2cccc4cccc-3c24)cc1. The summed E-state index contributed by atoms with van der Waals surface area (Å²) in [5, 5.41) is 10.2. The molecule has 0 atom stereocenters. The van der Waals surface area contributed by atoms with Gasteiger partial charge in [-0.1, -0.05) is 212 Å². The molecule has 0 heterocycles. The van der Waals surface area contributed by atoms with E-state index in [1.54, 1.807) is 0 Å². The zero-order chi connectivity index (χ0) is 38.2. The van der Waals surface area contributed by atoms with Gasteiger partial charge in [0.2, 0.25) is 0 Å². The third-order valence-corrected chi connectivity index (χ3v) is 12.4. The Hall–Kier alpha value is -7.54. The van der Waals surface area contributed by atoms with E-state index in [0.29, 0.717) is 0 Å². The van der Waals surface area contributed by atoms with Crippen molar-refractivity contribution >= 4 is 43.1 Å². The lowest BCUT2D eigenvalue weighted by atomic mass is 9.80. The Morgan fingerprint density at radius 1 is 0.190 bits per heavy atom. The zero-order valence-electron chi connectivity index (χ0n) is 31.8. The second-order valence-electron chi connectivity index (χ2n) is 15.5. The monoisotopic (exact) mass is 732 g/mol. The van der Waals surface area contributed by atoms with Gasteiger partial charge in [0.05, 0.1) is 0 Å². The van der Waals surface area contributed by atoms with Crippen molar-refractivity contribution in [3.8, 4) is 77.9 Å². The molecule has 11 aromatic carbocycles. The van der Waals surface area contributed by atoms with Gasteiger partial charge in [0, 0.05) is 0 Å². The van der Waals surface area contributed by atoms with Gasteiger partial charge in [0.15, 0.2) is 0 Å². The first-order valence-electron chi connectivity index (χ1n) is 20.2. The second kappa shape index (κ2) is 13.0. The largest absolute Gasteiger partial charge is 0.0622 e. The van der Waals surface area contributed by atoms with E-state index in [1.807, 2.05) is 0 Å². The molecule has 0 aliphatic heterocycles. The number of rotatable bonds is 5. The maximum absolute atomic E-state index is 2.49. The molecule has 11 aromatic rings. The molecule has 0 heteroatoms. The molecule has 0 aromatic heterocycles. The van der Waals surface area contributed by atoms with Gasteiger partial charge in [0.25, 0.3) is 0 Å². The van der Waals surface area contributed by atoms with Gasteiger partial charge >= 0.3 is 0 Å². The summed E-state index contributed by atoms with van der Waals surface area (Å²) in [5.74, 6) is 0. The third kappa shape index (κ3) is 4.82. The molecule has 0 saturated carbocycles. The second-order valence-corrected chi connectivity index (χ2v) is 15.5. The molecule has 12 rings (SSSR count). The van der Waals surface area contributed by atoms with Gasteiger partial charge in [-0.25, -0.2) is 0 Å². The number of benzene rings is 11. The van der Waals surface area contributed by atoms with E-state index < -0.39 is 0 Å². The quantitative estimate of drug-likeness (QED) is 0.155. The summed E-state index contributed by atoms with van der Waals surface area (Å²) in [6, 6.07) is 80.8. The van der Waals surface area contributed by atoms with E-state index >= 15 is 0 Å². The Balaban J connectivity index is 1.26. The Kier molecular flexibility index (Phi) is 7.33. The fourth-order valence-electron chi connectivity index (χ4n) is 10.1. The molecule has 0 fully saturated rings. The van der Waals surface area contributed by atoms with Crippen LogP contribution in [-0.4, -0.2) is 0 Å². The first-order valence-corrected chi connectivity index (χ1v) is 20.2. The number of fused-ring (bicyclic) bond motifs is 6. The third-order valence-electron chi connectivity index (χ3n) is 12.4. The molecule has 0 radical (unpaired) electrons. The maximum atomic E-state index is 2.49. The minimum atomic E-state index is 1.20. The predicted octanol–water partition coefficient (Wildman–Crippen LogP) is 16.3. The van der Waals surface area contributed by atoms with Gasteiger partial charge in [-0.2, -0.15) is 0 Å². The van der Waals surface area contributed by atoms with Gasteiger partial charge in [0.1, 0.15) is 0 Å². The van der Waals surface area contributed by atoms with Crippen LogP contribution in [0, 0.1) is 0 Å². The molecular weight excluding hydrogens is 697 g/mol. The fraction of sp³-hybridized carbons (Fsp3) is 0. The average Bonchev–Trinajstić information content (AvgIpc) is 3.63. The minimum absolute atomic E-state index is 1.20.